The van der Waals surface area contributed by atoms with Crippen molar-refractivity contribution in [2.45, 2.75) is 45.6 Å². The molecular formula is C10H20N2O. The third-order valence-corrected chi connectivity index (χ3v) is 2.26. The highest BCUT2D eigenvalue weighted by Gasteiger charge is 2.19. The van der Waals surface area contributed by atoms with Crippen LogP contribution in [-0.2, 0) is 0 Å². The average Bonchev–Trinajstić information content (AvgIpc) is 1.78. The molecule has 0 aliphatic heterocycles. The van der Waals surface area contributed by atoms with E-state index in [0.29, 0.717) is 0 Å². The molecule has 1 aliphatic carbocycles. The van der Waals surface area contributed by atoms with E-state index in [1.807, 2.05) is 20.8 Å². The van der Waals surface area contributed by atoms with Crippen LogP contribution in [0.5, 0.6) is 0 Å². The predicted octanol–water partition coefficient (Wildman–Crippen LogP) is 1.88. The maximum atomic E-state index is 11.3. The van der Waals surface area contributed by atoms with Crippen LogP contribution in [0.4, 0.5) is 4.79 Å². The number of hydrogen-bond donors (Lipinski definition) is 2. The van der Waals surface area contributed by atoms with Gasteiger partial charge >= 0.3 is 6.03 Å². The SMILES string of the molecule is CC(C)(C)NC(=O)NCC1CCC1. The summed E-state index contributed by atoms with van der Waals surface area (Å²) in [7, 11) is 0. The number of urea groups is 1. The Hall–Kier alpha value is -0.730. The first-order valence-electron chi connectivity index (χ1n) is 5.03. The molecule has 0 atom stereocenters. The van der Waals surface area contributed by atoms with Gasteiger partial charge in [-0.05, 0) is 39.5 Å². The molecule has 3 nitrogen and oxygen atoms in total. The summed E-state index contributed by atoms with van der Waals surface area (Å²) in [6, 6.07) is -0.0422. The molecule has 0 aromatic rings. The van der Waals surface area contributed by atoms with Crippen molar-refractivity contribution in [2.75, 3.05) is 6.54 Å². The summed E-state index contributed by atoms with van der Waals surface area (Å²) >= 11 is 0. The second-order valence-electron chi connectivity index (χ2n) is 4.88. The van der Waals surface area contributed by atoms with Crippen molar-refractivity contribution < 1.29 is 4.79 Å². The van der Waals surface area contributed by atoms with Gasteiger partial charge in [0, 0.05) is 12.1 Å². The van der Waals surface area contributed by atoms with Crippen molar-refractivity contribution in [1.82, 2.24) is 10.6 Å². The van der Waals surface area contributed by atoms with Crippen LogP contribution in [0.1, 0.15) is 40.0 Å². The smallest absolute Gasteiger partial charge is 0.315 e. The van der Waals surface area contributed by atoms with Crippen LogP contribution in [-0.4, -0.2) is 18.1 Å². The lowest BCUT2D eigenvalue weighted by Crippen LogP contribution is -2.47. The molecule has 0 bridgehead atoms. The number of hydrogen-bond acceptors (Lipinski definition) is 1. The lowest BCUT2D eigenvalue weighted by Gasteiger charge is -2.27. The quantitative estimate of drug-likeness (QED) is 0.676. The first-order valence-corrected chi connectivity index (χ1v) is 5.03. The molecule has 0 aromatic heterocycles. The topological polar surface area (TPSA) is 41.1 Å². The molecule has 0 heterocycles. The molecule has 0 aromatic carbocycles. The van der Waals surface area contributed by atoms with Crippen molar-refractivity contribution in [2.24, 2.45) is 5.92 Å². The molecular weight excluding hydrogens is 164 g/mol. The minimum atomic E-state index is -0.135. The second kappa shape index (κ2) is 3.99. The summed E-state index contributed by atoms with van der Waals surface area (Å²) < 4.78 is 0. The largest absolute Gasteiger partial charge is 0.338 e. The molecule has 76 valence electrons. The van der Waals surface area contributed by atoms with Gasteiger partial charge in [-0.3, -0.25) is 0 Å². The highest BCUT2D eigenvalue weighted by atomic mass is 16.2. The standard InChI is InChI=1S/C10H20N2O/c1-10(2,3)12-9(13)11-7-8-5-4-6-8/h8H,4-7H2,1-3H3,(H2,11,12,13). The van der Waals surface area contributed by atoms with Crippen LogP contribution in [0.15, 0.2) is 0 Å². The van der Waals surface area contributed by atoms with Crippen LogP contribution in [0.2, 0.25) is 0 Å². The van der Waals surface area contributed by atoms with Crippen LogP contribution >= 0.6 is 0 Å². The number of rotatable bonds is 2. The molecule has 1 saturated carbocycles. The van der Waals surface area contributed by atoms with Gasteiger partial charge in [-0.15, -0.1) is 0 Å². The summed E-state index contributed by atoms with van der Waals surface area (Å²) in [6.45, 7) is 6.78. The predicted molar refractivity (Wildman–Crippen MR) is 53.6 cm³/mol. The summed E-state index contributed by atoms with van der Waals surface area (Å²) in [4.78, 5) is 11.3. The first-order chi connectivity index (χ1) is 5.97. The normalized spacial score (nSPS) is 17.8. The minimum Gasteiger partial charge on any atom is -0.338 e. The number of carbonyl (C=O) groups excluding carboxylic acids is 1. The summed E-state index contributed by atoms with van der Waals surface area (Å²) in [6.07, 6.45) is 3.87. The molecule has 1 fully saturated rings. The Kier molecular flexibility index (Phi) is 3.17. The van der Waals surface area contributed by atoms with E-state index in [1.54, 1.807) is 0 Å². The van der Waals surface area contributed by atoms with E-state index in [2.05, 4.69) is 10.6 Å². The zero-order valence-corrected chi connectivity index (χ0v) is 8.81. The Morgan fingerprint density at radius 1 is 1.38 bits per heavy atom. The van der Waals surface area contributed by atoms with Gasteiger partial charge in [0.05, 0.1) is 0 Å². The van der Waals surface area contributed by atoms with Crippen molar-refractivity contribution in [3.8, 4) is 0 Å². The van der Waals surface area contributed by atoms with Crippen molar-refractivity contribution in [1.29, 1.82) is 0 Å². The van der Waals surface area contributed by atoms with E-state index in [1.165, 1.54) is 19.3 Å². The Morgan fingerprint density at radius 2 is 2.00 bits per heavy atom. The van der Waals surface area contributed by atoms with Gasteiger partial charge in [0.2, 0.25) is 0 Å². The molecule has 0 saturated heterocycles. The average molecular weight is 184 g/mol. The molecule has 0 radical (unpaired) electrons. The molecule has 1 rings (SSSR count). The number of amides is 2. The van der Waals surface area contributed by atoms with E-state index in [-0.39, 0.29) is 11.6 Å². The summed E-state index contributed by atoms with van der Waals surface area (Å²) in [5, 5.41) is 5.76. The lowest BCUT2D eigenvalue weighted by molar-refractivity contribution is 0.224. The number of carbonyl (C=O) groups is 1. The van der Waals surface area contributed by atoms with Gasteiger partial charge < -0.3 is 10.6 Å². The van der Waals surface area contributed by atoms with E-state index >= 15 is 0 Å². The van der Waals surface area contributed by atoms with Crippen molar-refractivity contribution >= 4 is 6.03 Å². The van der Waals surface area contributed by atoms with Gasteiger partial charge in [0.1, 0.15) is 0 Å². The van der Waals surface area contributed by atoms with Gasteiger partial charge in [-0.25, -0.2) is 4.79 Å². The Labute approximate surface area is 80.3 Å². The number of nitrogens with one attached hydrogen (secondary N) is 2. The third-order valence-electron chi connectivity index (χ3n) is 2.26. The maximum Gasteiger partial charge on any atom is 0.315 e. The maximum absolute atomic E-state index is 11.3. The Morgan fingerprint density at radius 3 is 2.38 bits per heavy atom. The molecule has 0 spiro atoms. The molecule has 0 unspecified atom stereocenters. The van der Waals surface area contributed by atoms with Crippen molar-refractivity contribution in [3.05, 3.63) is 0 Å². The summed E-state index contributed by atoms with van der Waals surface area (Å²) in [5.74, 6) is 0.728. The van der Waals surface area contributed by atoms with Gasteiger partial charge in [0.25, 0.3) is 0 Å². The fraction of sp³-hybridized carbons (Fsp3) is 0.900. The highest BCUT2D eigenvalue weighted by Crippen LogP contribution is 2.24. The molecule has 2 N–H and O–H groups in total. The Bertz CT molecular complexity index is 180. The lowest BCUT2D eigenvalue weighted by atomic mass is 9.85. The van der Waals surface area contributed by atoms with Gasteiger partial charge in [0.15, 0.2) is 0 Å². The minimum absolute atomic E-state index is 0.0422. The molecule has 1 aliphatic rings. The van der Waals surface area contributed by atoms with Crippen LogP contribution in [0.25, 0.3) is 0 Å². The van der Waals surface area contributed by atoms with Crippen LogP contribution < -0.4 is 10.6 Å². The van der Waals surface area contributed by atoms with E-state index in [4.69, 9.17) is 0 Å². The fourth-order valence-electron chi connectivity index (χ4n) is 1.32. The van der Waals surface area contributed by atoms with Crippen LogP contribution in [0, 0.1) is 5.92 Å². The monoisotopic (exact) mass is 184 g/mol. The van der Waals surface area contributed by atoms with Crippen LogP contribution in [0.3, 0.4) is 0 Å². The molecule has 13 heavy (non-hydrogen) atoms. The van der Waals surface area contributed by atoms with Gasteiger partial charge in [-0.1, -0.05) is 6.42 Å². The fourth-order valence-corrected chi connectivity index (χ4v) is 1.32. The van der Waals surface area contributed by atoms with Crippen molar-refractivity contribution in [3.63, 3.8) is 0 Å². The zero-order chi connectivity index (χ0) is 9.90. The van der Waals surface area contributed by atoms with E-state index < -0.39 is 0 Å². The Balaban J connectivity index is 2.10. The second-order valence-corrected chi connectivity index (χ2v) is 4.88. The third kappa shape index (κ3) is 4.15. The summed E-state index contributed by atoms with van der Waals surface area (Å²) in [5.41, 5.74) is -0.135. The zero-order valence-electron chi connectivity index (χ0n) is 8.81. The van der Waals surface area contributed by atoms with E-state index in [0.717, 1.165) is 12.5 Å². The van der Waals surface area contributed by atoms with Gasteiger partial charge in [-0.2, -0.15) is 0 Å². The first kappa shape index (κ1) is 10.4. The molecule has 2 amide bonds. The molecule has 3 heteroatoms. The van der Waals surface area contributed by atoms with E-state index in [9.17, 15) is 4.79 Å². The highest BCUT2D eigenvalue weighted by molar-refractivity contribution is 5.74.